The molecule has 1 N–H and O–H groups in total. The minimum atomic E-state index is -0.854. The van der Waals surface area contributed by atoms with Crippen molar-refractivity contribution in [2.75, 3.05) is 19.7 Å². The van der Waals surface area contributed by atoms with Crippen molar-refractivity contribution in [3.63, 3.8) is 0 Å². The van der Waals surface area contributed by atoms with Crippen LogP contribution in [-0.2, 0) is 4.74 Å². The Morgan fingerprint density at radius 3 is 2.85 bits per heavy atom. The minimum Gasteiger partial charge on any atom is -0.477 e. The van der Waals surface area contributed by atoms with Crippen LogP contribution >= 0.6 is 11.3 Å². The van der Waals surface area contributed by atoms with Crippen molar-refractivity contribution in [3.05, 3.63) is 15.6 Å². The molecule has 0 amide bonds. The molecule has 1 unspecified atom stereocenters. The molecule has 1 aliphatic heterocycles. The van der Waals surface area contributed by atoms with Crippen LogP contribution in [0, 0.1) is 0 Å². The summed E-state index contributed by atoms with van der Waals surface area (Å²) in [6.45, 7) is 6.75. The Labute approximate surface area is 122 Å². The SMILES string of the molecule is CC(C)N1CCOC(c2nc(C3CC3)c(C(=O)O)s2)C1. The van der Waals surface area contributed by atoms with Crippen LogP contribution in [0.3, 0.4) is 0 Å². The maximum atomic E-state index is 11.3. The number of carboxylic acid groups (broad SMARTS) is 1. The van der Waals surface area contributed by atoms with E-state index >= 15 is 0 Å². The Kier molecular flexibility index (Phi) is 3.79. The van der Waals surface area contributed by atoms with Crippen molar-refractivity contribution in [3.8, 4) is 0 Å². The first-order chi connectivity index (χ1) is 9.56. The number of morpholine rings is 1. The molecule has 2 fully saturated rings. The standard InChI is InChI=1S/C14H20N2O3S/c1-8(2)16-5-6-19-10(7-16)13-15-11(9-3-4-9)12(20-13)14(17)18/h8-10H,3-7H2,1-2H3,(H,17,18). The van der Waals surface area contributed by atoms with Crippen molar-refractivity contribution >= 4 is 17.3 Å². The van der Waals surface area contributed by atoms with Gasteiger partial charge in [0.2, 0.25) is 0 Å². The topological polar surface area (TPSA) is 62.7 Å². The molecule has 1 atom stereocenters. The fourth-order valence-electron chi connectivity index (χ4n) is 2.56. The number of carbonyl (C=O) groups is 1. The molecule has 3 rings (SSSR count). The molecule has 20 heavy (non-hydrogen) atoms. The number of aromatic nitrogens is 1. The number of hydrogen-bond acceptors (Lipinski definition) is 5. The summed E-state index contributed by atoms with van der Waals surface area (Å²) in [4.78, 5) is 18.7. The van der Waals surface area contributed by atoms with Crippen LogP contribution in [0.15, 0.2) is 0 Å². The normalized spacial score (nSPS) is 24.2. The van der Waals surface area contributed by atoms with Gasteiger partial charge < -0.3 is 9.84 Å². The molecule has 6 heteroatoms. The third-order valence-corrected chi connectivity index (χ3v) is 5.08. The predicted molar refractivity (Wildman–Crippen MR) is 76.5 cm³/mol. The van der Waals surface area contributed by atoms with Gasteiger partial charge in [-0.15, -0.1) is 11.3 Å². The van der Waals surface area contributed by atoms with Crippen LogP contribution in [0.25, 0.3) is 0 Å². The number of carboxylic acids is 1. The van der Waals surface area contributed by atoms with E-state index in [0.29, 0.717) is 23.4 Å². The molecule has 1 aliphatic carbocycles. The first kappa shape index (κ1) is 14.0. The summed E-state index contributed by atoms with van der Waals surface area (Å²) < 4.78 is 5.81. The third kappa shape index (κ3) is 2.73. The molecular formula is C14H20N2O3S. The Morgan fingerprint density at radius 1 is 1.50 bits per heavy atom. The maximum Gasteiger partial charge on any atom is 0.347 e. The second-order valence-corrected chi connectivity index (χ2v) is 6.82. The average Bonchev–Trinajstić information content (AvgIpc) is 3.17. The Hall–Kier alpha value is -0.980. The van der Waals surface area contributed by atoms with Gasteiger partial charge in [-0.05, 0) is 26.7 Å². The summed E-state index contributed by atoms with van der Waals surface area (Å²) in [5, 5.41) is 10.1. The number of nitrogens with zero attached hydrogens (tertiary/aromatic N) is 2. The van der Waals surface area contributed by atoms with Gasteiger partial charge in [-0.25, -0.2) is 9.78 Å². The molecule has 1 saturated carbocycles. The van der Waals surface area contributed by atoms with Gasteiger partial charge in [-0.2, -0.15) is 0 Å². The summed E-state index contributed by atoms with van der Waals surface area (Å²) in [5.74, 6) is -0.497. The van der Waals surface area contributed by atoms with Gasteiger partial charge in [-0.1, -0.05) is 0 Å². The first-order valence-electron chi connectivity index (χ1n) is 7.16. The van der Waals surface area contributed by atoms with Crippen LogP contribution in [-0.4, -0.2) is 46.7 Å². The smallest absolute Gasteiger partial charge is 0.347 e. The molecule has 0 radical (unpaired) electrons. The highest BCUT2D eigenvalue weighted by Gasteiger charge is 2.34. The molecule has 2 heterocycles. The van der Waals surface area contributed by atoms with E-state index in [1.165, 1.54) is 11.3 Å². The lowest BCUT2D eigenvalue weighted by molar-refractivity contribution is -0.0403. The van der Waals surface area contributed by atoms with Crippen molar-refractivity contribution in [2.24, 2.45) is 0 Å². The average molecular weight is 296 g/mol. The molecule has 1 aromatic rings. The zero-order chi connectivity index (χ0) is 14.3. The zero-order valence-electron chi connectivity index (χ0n) is 11.8. The van der Waals surface area contributed by atoms with E-state index < -0.39 is 5.97 Å². The van der Waals surface area contributed by atoms with Gasteiger partial charge >= 0.3 is 5.97 Å². The van der Waals surface area contributed by atoms with E-state index in [2.05, 4.69) is 23.7 Å². The number of ether oxygens (including phenoxy) is 1. The van der Waals surface area contributed by atoms with Crippen LogP contribution in [0.4, 0.5) is 0 Å². The van der Waals surface area contributed by atoms with Gasteiger partial charge in [0, 0.05) is 25.0 Å². The fraction of sp³-hybridized carbons (Fsp3) is 0.714. The van der Waals surface area contributed by atoms with E-state index in [1.54, 1.807) is 0 Å². The lowest BCUT2D eigenvalue weighted by Crippen LogP contribution is -2.42. The van der Waals surface area contributed by atoms with Gasteiger partial charge in [0.05, 0.1) is 12.3 Å². The van der Waals surface area contributed by atoms with Crippen molar-refractivity contribution < 1.29 is 14.6 Å². The van der Waals surface area contributed by atoms with E-state index in [0.717, 1.165) is 36.6 Å². The molecule has 0 spiro atoms. The first-order valence-corrected chi connectivity index (χ1v) is 7.97. The molecular weight excluding hydrogens is 276 g/mol. The molecule has 5 nitrogen and oxygen atoms in total. The van der Waals surface area contributed by atoms with E-state index in [1.807, 2.05) is 0 Å². The summed E-state index contributed by atoms with van der Waals surface area (Å²) in [7, 11) is 0. The largest absolute Gasteiger partial charge is 0.477 e. The maximum absolute atomic E-state index is 11.3. The van der Waals surface area contributed by atoms with Crippen LogP contribution < -0.4 is 0 Å². The number of aromatic carboxylic acids is 1. The zero-order valence-corrected chi connectivity index (χ0v) is 12.7. The second kappa shape index (κ2) is 5.42. The van der Waals surface area contributed by atoms with Gasteiger partial charge in [-0.3, -0.25) is 4.90 Å². The summed E-state index contributed by atoms with van der Waals surface area (Å²) >= 11 is 1.29. The monoisotopic (exact) mass is 296 g/mol. The van der Waals surface area contributed by atoms with Crippen molar-refractivity contribution in [2.45, 2.75) is 44.8 Å². The van der Waals surface area contributed by atoms with Crippen molar-refractivity contribution in [1.82, 2.24) is 9.88 Å². The molecule has 0 aromatic carbocycles. The van der Waals surface area contributed by atoms with Crippen LogP contribution in [0.2, 0.25) is 0 Å². The predicted octanol–water partition coefficient (Wildman–Crippen LogP) is 2.50. The van der Waals surface area contributed by atoms with Gasteiger partial charge in [0.25, 0.3) is 0 Å². The Balaban J connectivity index is 1.82. The number of rotatable bonds is 4. The fourth-order valence-corrected chi connectivity index (χ4v) is 3.59. The number of thiazole rings is 1. The van der Waals surface area contributed by atoms with Crippen LogP contribution in [0.5, 0.6) is 0 Å². The molecule has 1 aromatic heterocycles. The summed E-state index contributed by atoms with van der Waals surface area (Å²) in [6.07, 6.45) is 2.04. The lowest BCUT2D eigenvalue weighted by atomic mass is 10.2. The molecule has 1 saturated heterocycles. The molecule has 110 valence electrons. The Morgan fingerprint density at radius 2 is 2.25 bits per heavy atom. The van der Waals surface area contributed by atoms with E-state index in [4.69, 9.17) is 4.74 Å². The summed E-state index contributed by atoms with van der Waals surface area (Å²) in [5.41, 5.74) is 0.780. The highest BCUT2D eigenvalue weighted by atomic mass is 32.1. The number of hydrogen-bond donors (Lipinski definition) is 1. The second-order valence-electron chi connectivity index (χ2n) is 5.79. The highest BCUT2D eigenvalue weighted by molar-refractivity contribution is 7.13. The van der Waals surface area contributed by atoms with Crippen LogP contribution in [0.1, 0.15) is 59.1 Å². The Bertz CT molecular complexity index is 511. The van der Waals surface area contributed by atoms with E-state index in [-0.39, 0.29) is 6.10 Å². The van der Waals surface area contributed by atoms with E-state index in [9.17, 15) is 9.90 Å². The quantitative estimate of drug-likeness (QED) is 0.925. The third-order valence-electron chi connectivity index (χ3n) is 3.93. The van der Waals surface area contributed by atoms with Crippen molar-refractivity contribution in [1.29, 1.82) is 0 Å². The molecule has 0 bridgehead atoms. The highest BCUT2D eigenvalue weighted by Crippen LogP contribution is 2.43. The van der Waals surface area contributed by atoms with Gasteiger partial charge in [0.15, 0.2) is 0 Å². The molecule has 2 aliphatic rings. The minimum absolute atomic E-state index is 0.0817. The summed E-state index contributed by atoms with van der Waals surface area (Å²) in [6, 6.07) is 0.475. The van der Waals surface area contributed by atoms with Gasteiger partial charge in [0.1, 0.15) is 16.0 Å². The lowest BCUT2D eigenvalue weighted by Gasteiger charge is -2.34.